The SMILES string of the molecule is COC(=O)c1c(C)c(C)c(OCc2ccccc2)c(C)c1O. The summed E-state index contributed by atoms with van der Waals surface area (Å²) in [7, 11) is 1.30. The maximum Gasteiger partial charge on any atom is 0.341 e. The molecule has 1 N–H and O–H groups in total. The predicted molar refractivity (Wildman–Crippen MR) is 84.4 cm³/mol. The van der Waals surface area contributed by atoms with Crippen LogP contribution in [0.15, 0.2) is 30.3 Å². The summed E-state index contributed by atoms with van der Waals surface area (Å²) >= 11 is 0. The Bertz CT molecular complexity index is 661. The number of rotatable bonds is 4. The first-order valence-corrected chi connectivity index (χ1v) is 7.05. The molecule has 0 unspecified atom stereocenters. The Balaban J connectivity index is 2.39. The molecular formula is C18H20O4. The zero-order valence-electron chi connectivity index (χ0n) is 13.3. The predicted octanol–water partition coefficient (Wildman–Crippen LogP) is 3.68. The van der Waals surface area contributed by atoms with Crippen LogP contribution in [0.3, 0.4) is 0 Å². The van der Waals surface area contributed by atoms with Gasteiger partial charge in [-0.05, 0) is 37.5 Å². The van der Waals surface area contributed by atoms with Gasteiger partial charge in [-0.15, -0.1) is 0 Å². The Hall–Kier alpha value is -2.49. The van der Waals surface area contributed by atoms with Crippen molar-refractivity contribution in [3.8, 4) is 11.5 Å². The number of aromatic hydroxyl groups is 1. The van der Waals surface area contributed by atoms with Gasteiger partial charge in [-0.3, -0.25) is 0 Å². The van der Waals surface area contributed by atoms with E-state index in [1.807, 2.05) is 37.3 Å². The number of carbonyl (C=O) groups excluding carboxylic acids is 1. The van der Waals surface area contributed by atoms with Crippen LogP contribution in [0.4, 0.5) is 0 Å². The second-order valence-electron chi connectivity index (χ2n) is 5.19. The first kappa shape index (κ1) is 15.9. The van der Waals surface area contributed by atoms with Crippen molar-refractivity contribution < 1.29 is 19.4 Å². The second-order valence-corrected chi connectivity index (χ2v) is 5.19. The zero-order chi connectivity index (χ0) is 16.3. The van der Waals surface area contributed by atoms with E-state index in [0.717, 1.165) is 11.1 Å². The molecule has 0 atom stereocenters. The van der Waals surface area contributed by atoms with E-state index in [2.05, 4.69) is 0 Å². The van der Waals surface area contributed by atoms with E-state index in [9.17, 15) is 9.90 Å². The number of hydrogen-bond acceptors (Lipinski definition) is 4. The Kier molecular flexibility index (Phi) is 4.71. The van der Waals surface area contributed by atoms with E-state index in [4.69, 9.17) is 9.47 Å². The Morgan fingerprint density at radius 2 is 1.68 bits per heavy atom. The standard InChI is InChI=1S/C18H20O4/c1-11-12(2)17(22-10-14-8-6-5-7-9-14)13(3)16(19)15(11)18(20)21-4/h5-9,19H,10H2,1-4H3. The summed E-state index contributed by atoms with van der Waals surface area (Å²) in [5.41, 5.74) is 3.27. The van der Waals surface area contributed by atoms with Crippen LogP contribution in [0.2, 0.25) is 0 Å². The number of phenols is 1. The monoisotopic (exact) mass is 300 g/mol. The Morgan fingerprint density at radius 3 is 2.27 bits per heavy atom. The lowest BCUT2D eigenvalue weighted by molar-refractivity contribution is 0.0596. The molecule has 0 aliphatic carbocycles. The van der Waals surface area contributed by atoms with Crippen LogP contribution in [0.5, 0.6) is 11.5 Å². The molecule has 4 nitrogen and oxygen atoms in total. The van der Waals surface area contributed by atoms with E-state index < -0.39 is 5.97 Å². The van der Waals surface area contributed by atoms with E-state index >= 15 is 0 Å². The third kappa shape index (κ3) is 2.91. The van der Waals surface area contributed by atoms with Crippen molar-refractivity contribution in [2.45, 2.75) is 27.4 Å². The average molecular weight is 300 g/mol. The van der Waals surface area contributed by atoms with Crippen molar-refractivity contribution in [3.63, 3.8) is 0 Å². The Morgan fingerprint density at radius 1 is 1.05 bits per heavy atom. The number of benzene rings is 2. The topological polar surface area (TPSA) is 55.8 Å². The van der Waals surface area contributed by atoms with Crippen molar-refractivity contribution in [1.82, 2.24) is 0 Å². The molecule has 0 spiro atoms. The summed E-state index contributed by atoms with van der Waals surface area (Å²) in [4.78, 5) is 11.8. The number of carbonyl (C=O) groups is 1. The first-order valence-electron chi connectivity index (χ1n) is 7.05. The van der Waals surface area contributed by atoms with Crippen molar-refractivity contribution in [1.29, 1.82) is 0 Å². The van der Waals surface area contributed by atoms with Gasteiger partial charge in [-0.2, -0.15) is 0 Å². The van der Waals surface area contributed by atoms with Crippen molar-refractivity contribution in [2.24, 2.45) is 0 Å². The molecule has 0 heterocycles. The maximum atomic E-state index is 11.8. The molecule has 0 saturated carbocycles. The molecule has 0 aliphatic rings. The minimum absolute atomic E-state index is 0.0852. The smallest absolute Gasteiger partial charge is 0.341 e. The summed E-state index contributed by atoms with van der Waals surface area (Å²) in [6, 6.07) is 9.78. The summed E-state index contributed by atoms with van der Waals surface area (Å²) in [5.74, 6) is -0.0275. The molecule has 0 radical (unpaired) electrons. The normalized spacial score (nSPS) is 10.4. The fourth-order valence-corrected chi connectivity index (χ4v) is 2.41. The lowest BCUT2D eigenvalue weighted by Crippen LogP contribution is -2.09. The van der Waals surface area contributed by atoms with E-state index in [1.165, 1.54) is 7.11 Å². The first-order chi connectivity index (χ1) is 10.5. The summed E-state index contributed by atoms with van der Waals surface area (Å²) in [6.45, 7) is 5.78. The molecule has 0 amide bonds. The molecule has 116 valence electrons. The van der Waals surface area contributed by atoms with Gasteiger partial charge in [0.2, 0.25) is 0 Å². The molecular weight excluding hydrogens is 280 g/mol. The van der Waals surface area contributed by atoms with Crippen LogP contribution in [-0.2, 0) is 11.3 Å². The molecule has 22 heavy (non-hydrogen) atoms. The molecule has 0 fully saturated rings. The summed E-state index contributed by atoms with van der Waals surface area (Å²) in [6.07, 6.45) is 0. The van der Waals surface area contributed by atoms with Gasteiger partial charge in [0, 0.05) is 5.56 Å². The van der Waals surface area contributed by atoms with Crippen molar-refractivity contribution in [3.05, 3.63) is 58.1 Å². The lowest BCUT2D eigenvalue weighted by atomic mass is 9.97. The number of hydrogen-bond donors (Lipinski definition) is 1. The van der Waals surface area contributed by atoms with Crippen LogP contribution >= 0.6 is 0 Å². The van der Waals surface area contributed by atoms with E-state index in [0.29, 0.717) is 23.5 Å². The molecule has 0 aromatic heterocycles. The number of phenolic OH excluding ortho intramolecular Hbond substituents is 1. The van der Waals surface area contributed by atoms with Crippen molar-refractivity contribution >= 4 is 5.97 Å². The average Bonchev–Trinajstić information content (AvgIpc) is 2.54. The van der Waals surface area contributed by atoms with Gasteiger partial charge in [0.15, 0.2) is 0 Å². The van der Waals surface area contributed by atoms with Crippen LogP contribution in [0.25, 0.3) is 0 Å². The highest BCUT2D eigenvalue weighted by Gasteiger charge is 2.23. The van der Waals surface area contributed by atoms with E-state index in [1.54, 1.807) is 13.8 Å². The highest BCUT2D eigenvalue weighted by Crippen LogP contribution is 2.38. The minimum atomic E-state index is -0.546. The summed E-state index contributed by atoms with van der Waals surface area (Å²) < 4.78 is 10.6. The minimum Gasteiger partial charge on any atom is -0.507 e. The quantitative estimate of drug-likeness (QED) is 0.875. The largest absolute Gasteiger partial charge is 0.507 e. The molecule has 0 aliphatic heterocycles. The number of methoxy groups -OCH3 is 1. The van der Waals surface area contributed by atoms with Gasteiger partial charge in [0.25, 0.3) is 0 Å². The number of ether oxygens (including phenoxy) is 2. The highest BCUT2D eigenvalue weighted by molar-refractivity contribution is 5.95. The van der Waals surface area contributed by atoms with Gasteiger partial charge >= 0.3 is 5.97 Å². The van der Waals surface area contributed by atoms with Crippen LogP contribution in [0, 0.1) is 20.8 Å². The molecule has 4 heteroatoms. The molecule has 2 rings (SSSR count). The second kappa shape index (κ2) is 6.52. The molecule has 2 aromatic carbocycles. The molecule has 0 saturated heterocycles. The summed E-state index contributed by atoms with van der Waals surface area (Å²) in [5, 5.41) is 10.3. The van der Waals surface area contributed by atoms with Crippen LogP contribution in [0.1, 0.15) is 32.6 Å². The zero-order valence-corrected chi connectivity index (χ0v) is 13.3. The number of esters is 1. The van der Waals surface area contributed by atoms with Gasteiger partial charge in [0.1, 0.15) is 23.7 Å². The third-order valence-electron chi connectivity index (χ3n) is 3.83. The van der Waals surface area contributed by atoms with Gasteiger partial charge in [0.05, 0.1) is 7.11 Å². The molecule has 2 aromatic rings. The molecule has 0 bridgehead atoms. The Labute approximate surface area is 130 Å². The van der Waals surface area contributed by atoms with Gasteiger partial charge < -0.3 is 14.6 Å². The van der Waals surface area contributed by atoms with Crippen molar-refractivity contribution in [2.75, 3.05) is 7.11 Å². The van der Waals surface area contributed by atoms with Gasteiger partial charge in [-0.25, -0.2) is 4.79 Å². The van der Waals surface area contributed by atoms with Gasteiger partial charge in [-0.1, -0.05) is 30.3 Å². The van der Waals surface area contributed by atoms with Crippen LogP contribution < -0.4 is 4.74 Å². The third-order valence-corrected chi connectivity index (χ3v) is 3.83. The van der Waals surface area contributed by atoms with E-state index in [-0.39, 0.29) is 11.3 Å². The maximum absolute atomic E-state index is 11.8. The van der Waals surface area contributed by atoms with Crippen LogP contribution in [-0.4, -0.2) is 18.2 Å². The highest BCUT2D eigenvalue weighted by atomic mass is 16.5. The fourth-order valence-electron chi connectivity index (χ4n) is 2.41. The lowest BCUT2D eigenvalue weighted by Gasteiger charge is -2.18. The fraction of sp³-hybridized carbons (Fsp3) is 0.278.